The van der Waals surface area contributed by atoms with E-state index < -0.39 is 0 Å². The lowest BCUT2D eigenvalue weighted by Crippen LogP contribution is -2.09. The minimum absolute atomic E-state index is 0.652. The molecule has 1 aliphatic carbocycles. The summed E-state index contributed by atoms with van der Waals surface area (Å²) in [5.41, 5.74) is 3.72. The molecule has 1 aliphatic heterocycles. The molecule has 2 aromatic rings. The monoisotopic (exact) mass is 321 g/mol. The Bertz CT molecular complexity index is 684. The number of hydrogen-bond donors (Lipinski definition) is 1. The van der Waals surface area contributed by atoms with Crippen LogP contribution in [0.5, 0.6) is 11.5 Å². The number of para-hydroxylation sites is 3. The lowest BCUT2D eigenvalue weighted by atomic mass is 9.85. The van der Waals surface area contributed by atoms with E-state index in [1.165, 1.54) is 69.0 Å². The van der Waals surface area contributed by atoms with Gasteiger partial charge in [0.15, 0.2) is 11.5 Å². The van der Waals surface area contributed by atoms with Gasteiger partial charge in [-0.25, -0.2) is 0 Å². The average molecular weight is 321 g/mol. The summed E-state index contributed by atoms with van der Waals surface area (Å²) < 4.78 is 6.15. The molecule has 2 nitrogen and oxygen atoms in total. The van der Waals surface area contributed by atoms with E-state index in [4.69, 9.17) is 4.74 Å². The zero-order valence-electron chi connectivity index (χ0n) is 14.4. The summed E-state index contributed by atoms with van der Waals surface area (Å²) >= 11 is 0. The van der Waals surface area contributed by atoms with E-state index >= 15 is 0 Å². The molecule has 0 aromatic heterocycles. The fourth-order valence-electron chi connectivity index (χ4n) is 4.14. The van der Waals surface area contributed by atoms with Gasteiger partial charge in [-0.2, -0.15) is 0 Å². The number of rotatable bonds is 1. The number of fused-ring (bicyclic) bond motifs is 2. The zero-order chi connectivity index (χ0) is 16.2. The summed E-state index contributed by atoms with van der Waals surface area (Å²) in [7, 11) is 0. The highest BCUT2D eigenvalue weighted by atomic mass is 16.5. The van der Waals surface area contributed by atoms with E-state index in [-0.39, 0.29) is 0 Å². The normalized spacial score (nSPS) is 18.7. The highest BCUT2D eigenvalue weighted by Crippen LogP contribution is 2.46. The molecule has 2 aromatic carbocycles. The summed E-state index contributed by atoms with van der Waals surface area (Å²) in [4.78, 5) is 0. The Balaban J connectivity index is 1.61. The van der Waals surface area contributed by atoms with Crippen molar-refractivity contribution in [3.8, 4) is 11.5 Å². The van der Waals surface area contributed by atoms with Crippen LogP contribution in [-0.4, -0.2) is 0 Å². The van der Waals surface area contributed by atoms with E-state index in [0.29, 0.717) is 5.92 Å². The Labute approximate surface area is 145 Å². The van der Waals surface area contributed by atoms with Crippen LogP contribution in [0.15, 0.2) is 42.5 Å². The van der Waals surface area contributed by atoms with Gasteiger partial charge in [0.2, 0.25) is 0 Å². The minimum Gasteiger partial charge on any atom is -0.453 e. The van der Waals surface area contributed by atoms with E-state index in [9.17, 15) is 0 Å². The van der Waals surface area contributed by atoms with Crippen molar-refractivity contribution in [2.24, 2.45) is 0 Å². The van der Waals surface area contributed by atoms with Crippen LogP contribution in [0.25, 0.3) is 0 Å². The van der Waals surface area contributed by atoms with Crippen LogP contribution in [0.2, 0.25) is 0 Å². The van der Waals surface area contributed by atoms with Crippen molar-refractivity contribution in [2.75, 3.05) is 5.32 Å². The average Bonchev–Trinajstić information content (AvgIpc) is 2.64. The number of anilines is 2. The molecule has 0 radical (unpaired) electrons. The number of hydrogen-bond acceptors (Lipinski definition) is 2. The molecule has 1 N–H and O–H groups in total. The SMILES string of the molecule is c1ccc2c(c1)Nc1c(cccc1C1CCCCCCCCC1)O2. The van der Waals surface area contributed by atoms with Gasteiger partial charge in [0, 0.05) is 0 Å². The van der Waals surface area contributed by atoms with Crippen molar-refractivity contribution in [3.05, 3.63) is 48.0 Å². The lowest BCUT2D eigenvalue weighted by molar-refractivity contribution is 0.457. The third-order valence-corrected chi connectivity index (χ3v) is 5.47. The molecule has 4 rings (SSSR count). The van der Waals surface area contributed by atoms with Crippen molar-refractivity contribution in [1.29, 1.82) is 0 Å². The minimum atomic E-state index is 0.652. The first kappa shape index (κ1) is 15.6. The van der Waals surface area contributed by atoms with Gasteiger partial charge in [0.25, 0.3) is 0 Å². The Kier molecular flexibility index (Phi) is 4.73. The van der Waals surface area contributed by atoms with E-state index in [0.717, 1.165) is 17.2 Å². The summed E-state index contributed by atoms with van der Waals surface area (Å²) in [6.45, 7) is 0. The number of ether oxygens (including phenoxy) is 1. The van der Waals surface area contributed by atoms with Crippen LogP contribution in [0.3, 0.4) is 0 Å². The number of nitrogens with one attached hydrogen (secondary N) is 1. The van der Waals surface area contributed by atoms with E-state index in [1.807, 2.05) is 12.1 Å². The van der Waals surface area contributed by atoms with E-state index in [2.05, 4.69) is 35.6 Å². The van der Waals surface area contributed by atoms with Gasteiger partial charge < -0.3 is 10.1 Å². The third kappa shape index (κ3) is 3.28. The molecule has 0 saturated heterocycles. The van der Waals surface area contributed by atoms with Crippen molar-refractivity contribution in [3.63, 3.8) is 0 Å². The standard InChI is InChI=1S/C22H27NO/c1-2-4-6-11-17(12-7-5-3-1)18-13-10-16-21-22(18)23-19-14-8-9-15-20(19)24-21/h8-10,13-17,23H,1-7,11-12H2. The second kappa shape index (κ2) is 7.29. The smallest absolute Gasteiger partial charge is 0.151 e. The maximum atomic E-state index is 6.15. The molecular formula is C22H27NO. The largest absolute Gasteiger partial charge is 0.453 e. The van der Waals surface area contributed by atoms with Crippen LogP contribution in [0.1, 0.15) is 69.3 Å². The topological polar surface area (TPSA) is 21.3 Å². The van der Waals surface area contributed by atoms with Crippen LogP contribution >= 0.6 is 0 Å². The van der Waals surface area contributed by atoms with Crippen molar-refractivity contribution in [2.45, 2.75) is 63.7 Å². The molecule has 1 saturated carbocycles. The predicted molar refractivity (Wildman–Crippen MR) is 101 cm³/mol. The van der Waals surface area contributed by atoms with Crippen LogP contribution in [-0.2, 0) is 0 Å². The summed E-state index contributed by atoms with van der Waals surface area (Å²) in [5, 5.41) is 3.65. The van der Waals surface area contributed by atoms with Crippen molar-refractivity contribution >= 4 is 11.4 Å². The van der Waals surface area contributed by atoms with Gasteiger partial charge in [-0.05, 0) is 42.5 Å². The fraction of sp³-hybridized carbons (Fsp3) is 0.455. The molecule has 0 spiro atoms. The quantitative estimate of drug-likeness (QED) is 0.514. The highest BCUT2D eigenvalue weighted by molar-refractivity contribution is 5.78. The van der Waals surface area contributed by atoms with Crippen LogP contribution in [0.4, 0.5) is 11.4 Å². The lowest BCUT2D eigenvalue weighted by Gasteiger charge is -2.27. The molecule has 0 amide bonds. The maximum Gasteiger partial charge on any atom is 0.151 e. The molecule has 24 heavy (non-hydrogen) atoms. The molecule has 2 heteroatoms. The molecular weight excluding hydrogens is 294 g/mol. The Morgan fingerprint density at radius 2 is 1.38 bits per heavy atom. The van der Waals surface area contributed by atoms with Gasteiger partial charge >= 0.3 is 0 Å². The summed E-state index contributed by atoms with van der Waals surface area (Å²) in [5.74, 6) is 2.55. The van der Waals surface area contributed by atoms with Gasteiger partial charge in [-0.1, -0.05) is 69.2 Å². The Hall–Kier alpha value is -1.96. The van der Waals surface area contributed by atoms with Crippen molar-refractivity contribution in [1.82, 2.24) is 0 Å². The maximum absolute atomic E-state index is 6.15. The predicted octanol–water partition coefficient (Wildman–Crippen LogP) is 7.14. The first-order valence-electron chi connectivity index (χ1n) is 9.58. The van der Waals surface area contributed by atoms with Crippen LogP contribution < -0.4 is 10.1 Å². The highest BCUT2D eigenvalue weighted by Gasteiger charge is 2.23. The first-order valence-corrected chi connectivity index (χ1v) is 9.58. The Morgan fingerprint density at radius 3 is 2.17 bits per heavy atom. The molecule has 0 bridgehead atoms. The Morgan fingerprint density at radius 1 is 0.708 bits per heavy atom. The molecule has 0 atom stereocenters. The van der Waals surface area contributed by atoms with Gasteiger partial charge in [-0.15, -0.1) is 0 Å². The fourth-order valence-corrected chi connectivity index (χ4v) is 4.14. The second-order valence-electron chi connectivity index (χ2n) is 7.19. The molecule has 2 aliphatic rings. The molecule has 126 valence electrons. The molecule has 1 heterocycles. The zero-order valence-corrected chi connectivity index (χ0v) is 14.4. The van der Waals surface area contributed by atoms with Crippen LogP contribution in [0, 0.1) is 0 Å². The second-order valence-corrected chi connectivity index (χ2v) is 7.19. The summed E-state index contributed by atoms with van der Waals surface area (Å²) in [6.07, 6.45) is 12.3. The third-order valence-electron chi connectivity index (χ3n) is 5.47. The number of benzene rings is 2. The molecule has 0 unspecified atom stereocenters. The summed E-state index contributed by atoms with van der Waals surface area (Å²) in [6, 6.07) is 14.8. The molecule has 1 fully saturated rings. The van der Waals surface area contributed by atoms with Gasteiger partial charge in [0.05, 0.1) is 11.4 Å². The van der Waals surface area contributed by atoms with Gasteiger partial charge in [-0.3, -0.25) is 0 Å². The first-order chi connectivity index (χ1) is 11.9. The van der Waals surface area contributed by atoms with Crippen molar-refractivity contribution < 1.29 is 4.74 Å². The van der Waals surface area contributed by atoms with Gasteiger partial charge in [0.1, 0.15) is 0 Å². The van der Waals surface area contributed by atoms with E-state index in [1.54, 1.807) is 0 Å².